The first-order chi connectivity index (χ1) is 11.8. The number of amides is 1. The molecule has 1 amide bonds. The van der Waals surface area contributed by atoms with Gasteiger partial charge in [0.25, 0.3) is 5.91 Å². The van der Waals surface area contributed by atoms with Gasteiger partial charge in [0.2, 0.25) is 0 Å². The standard InChI is InChI=1S/C17H20N4O4/c1-11-9-12(2)21(19-11)14-4-3-13(10-18-14)15(22)20-7-5-17(25,6-8-20)16(23)24/h3-4,9-10,25H,5-8H2,1-2H3,(H,23,24). The van der Waals surface area contributed by atoms with Crippen LogP contribution >= 0.6 is 0 Å². The highest BCUT2D eigenvalue weighted by Gasteiger charge is 2.40. The van der Waals surface area contributed by atoms with Gasteiger partial charge in [-0.25, -0.2) is 14.5 Å². The summed E-state index contributed by atoms with van der Waals surface area (Å²) in [4.78, 5) is 29.4. The van der Waals surface area contributed by atoms with Crippen molar-refractivity contribution in [1.29, 1.82) is 0 Å². The molecule has 2 N–H and O–H groups in total. The van der Waals surface area contributed by atoms with E-state index in [2.05, 4.69) is 10.1 Å². The third-order valence-electron chi connectivity index (χ3n) is 4.50. The summed E-state index contributed by atoms with van der Waals surface area (Å²) in [5.41, 5.74) is 0.520. The molecule has 0 aromatic carbocycles. The van der Waals surface area contributed by atoms with E-state index in [0.717, 1.165) is 11.4 Å². The summed E-state index contributed by atoms with van der Waals surface area (Å²) in [6, 6.07) is 5.35. The molecule has 0 radical (unpaired) electrons. The number of pyridine rings is 1. The van der Waals surface area contributed by atoms with Crippen molar-refractivity contribution >= 4 is 11.9 Å². The molecule has 1 saturated heterocycles. The Morgan fingerprint density at radius 2 is 1.88 bits per heavy atom. The Morgan fingerprint density at radius 1 is 1.20 bits per heavy atom. The molecule has 0 spiro atoms. The lowest BCUT2D eigenvalue weighted by molar-refractivity contribution is -0.162. The van der Waals surface area contributed by atoms with Gasteiger partial charge in [-0.15, -0.1) is 0 Å². The minimum atomic E-state index is -1.74. The minimum Gasteiger partial charge on any atom is -0.479 e. The van der Waals surface area contributed by atoms with Gasteiger partial charge in [0, 0.05) is 37.8 Å². The molecule has 2 aromatic heterocycles. The Bertz CT molecular complexity index is 805. The number of nitrogens with zero attached hydrogens (tertiary/aromatic N) is 4. The van der Waals surface area contributed by atoms with Gasteiger partial charge >= 0.3 is 5.97 Å². The zero-order valence-electron chi connectivity index (χ0n) is 14.1. The lowest BCUT2D eigenvalue weighted by Gasteiger charge is -2.35. The molecule has 1 aliphatic heterocycles. The zero-order valence-corrected chi connectivity index (χ0v) is 14.1. The SMILES string of the molecule is Cc1cc(C)n(-c2ccc(C(=O)N3CCC(O)(C(=O)O)CC3)cn2)n1. The number of aliphatic carboxylic acids is 1. The van der Waals surface area contributed by atoms with E-state index in [1.165, 1.54) is 11.1 Å². The summed E-state index contributed by atoms with van der Waals surface area (Å²) >= 11 is 0. The molecule has 25 heavy (non-hydrogen) atoms. The van der Waals surface area contributed by atoms with E-state index in [1.54, 1.807) is 16.8 Å². The van der Waals surface area contributed by atoms with Gasteiger partial charge in [0.1, 0.15) is 0 Å². The van der Waals surface area contributed by atoms with Crippen molar-refractivity contribution in [3.63, 3.8) is 0 Å². The molecule has 132 valence electrons. The minimum absolute atomic E-state index is 0.0192. The molecule has 0 aliphatic carbocycles. The predicted octanol–water partition coefficient (Wildman–Crippen LogP) is 0.936. The fourth-order valence-corrected chi connectivity index (χ4v) is 2.97. The number of piperidine rings is 1. The fourth-order valence-electron chi connectivity index (χ4n) is 2.97. The van der Waals surface area contributed by atoms with Gasteiger partial charge in [0.15, 0.2) is 11.4 Å². The number of carboxylic acids is 1. The number of aliphatic hydroxyl groups is 1. The van der Waals surface area contributed by atoms with Gasteiger partial charge in [0.05, 0.1) is 11.3 Å². The second-order valence-corrected chi connectivity index (χ2v) is 6.37. The topological polar surface area (TPSA) is 109 Å². The van der Waals surface area contributed by atoms with Crippen LogP contribution in [0.3, 0.4) is 0 Å². The molecule has 0 saturated carbocycles. The predicted molar refractivity (Wildman–Crippen MR) is 88.6 cm³/mol. The van der Waals surface area contributed by atoms with Crippen molar-refractivity contribution in [2.75, 3.05) is 13.1 Å². The van der Waals surface area contributed by atoms with Crippen LogP contribution in [0.25, 0.3) is 5.82 Å². The second-order valence-electron chi connectivity index (χ2n) is 6.37. The van der Waals surface area contributed by atoms with Gasteiger partial charge in [-0.05, 0) is 32.0 Å². The Morgan fingerprint density at radius 3 is 2.36 bits per heavy atom. The molecule has 2 aromatic rings. The molecule has 0 bridgehead atoms. The lowest BCUT2D eigenvalue weighted by Crippen LogP contribution is -2.50. The number of rotatable bonds is 3. The van der Waals surface area contributed by atoms with Crippen LogP contribution in [0.4, 0.5) is 0 Å². The summed E-state index contributed by atoms with van der Waals surface area (Å²) in [6.07, 6.45) is 1.53. The van der Waals surface area contributed by atoms with Crippen molar-refractivity contribution in [1.82, 2.24) is 19.7 Å². The summed E-state index contributed by atoms with van der Waals surface area (Å²) in [5.74, 6) is -0.837. The van der Waals surface area contributed by atoms with Crippen molar-refractivity contribution in [3.8, 4) is 5.82 Å². The van der Waals surface area contributed by atoms with E-state index in [0.29, 0.717) is 11.4 Å². The molecule has 3 rings (SSSR count). The smallest absolute Gasteiger partial charge is 0.335 e. The largest absolute Gasteiger partial charge is 0.479 e. The normalized spacial score (nSPS) is 16.7. The molecule has 3 heterocycles. The van der Waals surface area contributed by atoms with Gasteiger partial charge in [-0.2, -0.15) is 5.10 Å². The molecule has 1 fully saturated rings. The molecule has 8 heteroatoms. The number of carbonyl (C=O) groups is 2. The van der Waals surface area contributed by atoms with Crippen LogP contribution in [-0.4, -0.2) is 60.4 Å². The first kappa shape index (κ1) is 17.1. The molecular formula is C17H20N4O4. The second kappa shape index (κ2) is 6.29. The van der Waals surface area contributed by atoms with Gasteiger partial charge in [-0.3, -0.25) is 4.79 Å². The first-order valence-electron chi connectivity index (χ1n) is 8.05. The Hall–Kier alpha value is -2.74. The third kappa shape index (κ3) is 3.25. The molecule has 8 nitrogen and oxygen atoms in total. The highest BCUT2D eigenvalue weighted by atomic mass is 16.4. The summed E-state index contributed by atoms with van der Waals surface area (Å²) in [7, 11) is 0. The van der Waals surface area contributed by atoms with Crippen molar-refractivity contribution in [3.05, 3.63) is 41.3 Å². The maximum absolute atomic E-state index is 12.5. The summed E-state index contributed by atoms with van der Waals surface area (Å²) < 4.78 is 1.71. The quantitative estimate of drug-likeness (QED) is 0.858. The van der Waals surface area contributed by atoms with Crippen LogP contribution in [0.2, 0.25) is 0 Å². The van der Waals surface area contributed by atoms with Crippen molar-refractivity contribution in [2.45, 2.75) is 32.3 Å². The maximum atomic E-state index is 12.5. The number of aryl methyl sites for hydroxylation is 2. The van der Waals surface area contributed by atoms with Gasteiger partial charge in [-0.1, -0.05) is 0 Å². The van der Waals surface area contributed by atoms with E-state index in [1.807, 2.05) is 19.9 Å². The average Bonchev–Trinajstić information content (AvgIpc) is 2.93. The van der Waals surface area contributed by atoms with Crippen molar-refractivity contribution < 1.29 is 19.8 Å². The van der Waals surface area contributed by atoms with E-state index < -0.39 is 11.6 Å². The lowest BCUT2D eigenvalue weighted by atomic mass is 9.91. The first-order valence-corrected chi connectivity index (χ1v) is 8.05. The number of hydrogen-bond donors (Lipinski definition) is 2. The monoisotopic (exact) mass is 344 g/mol. The van der Waals surface area contributed by atoms with Gasteiger partial charge < -0.3 is 15.1 Å². The Balaban J connectivity index is 1.72. The Kier molecular flexibility index (Phi) is 4.30. The highest BCUT2D eigenvalue weighted by Crippen LogP contribution is 2.23. The zero-order chi connectivity index (χ0) is 18.2. The number of likely N-dealkylation sites (tertiary alicyclic amines) is 1. The van der Waals surface area contributed by atoms with E-state index >= 15 is 0 Å². The molecule has 0 unspecified atom stereocenters. The van der Waals surface area contributed by atoms with Crippen LogP contribution in [0.1, 0.15) is 34.6 Å². The van der Waals surface area contributed by atoms with Crippen LogP contribution in [0.5, 0.6) is 0 Å². The molecule has 0 atom stereocenters. The molecule has 1 aliphatic rings. The number of carboxylic acid groups (broad SMARTS) is 1. The fraction of sp³-hybridized carbons (Fsp3) is 0.412. The van der Waals surface area contributed by atoms with Crippen LogP contribution in [0, 0.1) is 13.8 Å². The molecular weight excluding hydrogens is 324 g/mol. The maximum Gasteiger partial charge on any atom is 0.335 e. The van der Waals surface area contributed by atoms with E-state index in [-0.39, 0.29) is 31.8 Å². The summed E-state index contributed by atoms with van der Waals surface area (Å²) in [5, 5.41) is 23.3. The summed E-state index contributed by atoms with van der Waals surface area (Å²) in [6.45, 7) is 4.22. The number of carbonyl (C=O) groups excluding carboxylic acids is 1. The van der Waals surface area contributed by atoms with E-state index in [4.69, 9.17) is 5.11 Å². The average molecular weight is 344 g/mol. The number of aromatic nitrogens is 3. The van der Waals surface area contributed by atoms with Crippen LogP contribution in [0.15, 0.2) is 24.4 Å². The number of hydrogen-bond acceptors (Lipinski definition) is 5. The van der Waals surface area contributed by atoms with E-state index in [9.17, 15) is 14.7 Å². The Labute approximate surface area is 144 Å². The third-order valence-corrected chi connectivity index (χ3v) is 4.50. The van der Waals surface area contributed by atoms with Crippen molar-refractivity contribution in [2.24, 2.45) is 0 Å². The van der Waals surface area contributed by atoms with Crippen LogP contribution < -0.4 is 0 Å². The highest BCUT2D eigenvalue weighted by molar-refractivity contribution is 5.94. The van der Waals surface area contributed by atoms with Crippen LogP contribution in [-0.2, 0) is 4.79 Å².